The van der Waals surface area contributed by atoms with Crippen molar-refractivity contribution in [3.8, 4) is 11.5 Å². The third-order valence-electron chi connectivity index (χ3n) is 5.15. The van der Waals surface area contributed by atoms with Crippen molar-refractivity contribution in [2.24, 2.45) is 5.92 Å². The van der Waals surface area contributed by atoms with Crippen LogP contribution in [0.2, 0.25) is 0 Å². The van der Waals surface area contributed by atoms with Crippen LogP contribution in [-0.2, 0) is 4.79 Å². The van der Waals surface area contributed by atoms with Gasteiger partial charge in [0, 0.05) is 11.9 Å². The van der Waals surface area contributed by atoms with Crippen molar-refractivity contribution in [3.05, 3.63) is 24.4 Å². The standard InChI is InChI=1S/C19H23N3O3/c1-24-14-2-3-16-15(10-14)19-17(11-21-16)25-12-18(23)22(19)9-6-13-4-7-20-8-5-13/h2-3,10-11,13,20H,4-9,12H2,1H3. The fraction of sp³-hybridized carbons (Fsp3) is 0.474. The van der Waals surface area contributed by atoms with Gasteiger partial charge < -0.3 is 19.7 Å². The number of aromatic nitrogens is 1. The molecule has 0 saturated carbocycles. The number of pyridine rings is 1. The van der Waals surface area contributed by atoms with Gasteiger partial charge in [0.05, 0.1) is 24.5 Å². The second kappa shape index (κ2) is 6.88. The minimum Gasteiger partial charge on any atom is -0.497 e. The van der Waals surface area contributed by atoms with Crippen LogP contribution in [0.5, 0.6) is 11.5 Å². The van der Waals surface area contributed by atoms with Crippen LogP contribution in [0.3, 0.4) is 0 Å². The molecule has 2 aliphatic heterocycles. The smallest absolute Gasteiger partial charge is 0.265 e. The number of hydrogen-bond donors (Lipinski definition) is 1. The first-order valence-electron chi connectivity index (χ1n) is 8.87. The Morgan fingerprint density at radius 2 is 2.20 bits per heavy atom. The SMILES string of the molecule is COc1ccc2ncc3c(c2c1)N(CCC1CCNCC1)C(=O)CO3. The molecule has 0 spiro atoms. The van der Waals surface area contributed by atoms with Gasteiger partial charge in [0.15, 0.2) is 12.4 Å². The predicted molar refractivity (Wildman–Crippen MR) is 96.4 cm³/mol. The van der Waals surface area contributed by atoms with Crippen molar-refractivity contribution in [1.29, 1.82) is 0 Å². The highest BCUT2D eigenvalue weighted by molar-refractivity contribution is 6.07. The molecule has 0 aliphatic carbocycles. The van der Waals surface area contributed by atoms with Crippen molar-refractivity contribution in [1.82, 2.24) is 10.3 Å². The number of amides is 1. The van der Waals surface area contributed by atoms with E-state index >= 15 is 0 Å². The number of methoxy groups -OCH3 is 1. The number of piperidine rings is 1. The summed E-state index contributed by atoms with van der Waals surface area (Å²) in [6, 6.07) is 5.73. The second-order valence-electron chi connectivity index (χ2n) is 6.67. The maximum absolute atomic E-state index is 12.6. The summed E-state index contributed by atoms with van der Waals surface area (Å²) < 4.78 is 11.0. The molecular formula is C19H23N3O3. The average molecular weight is 341 g/mol. The number of carbonyl (C=O) groups is 1. The van der Waals surface area contributed by atoms with Gasteiger partial charge in [0.1, 0.15) is 5.75 Å². The third-order valence-corrected chi connectivity index (χ3v) is 5.15. The molecule has 1 fully saturated rings. The Labute approximate surface area is 147 Å². The zero-order valence-electron chi connectivity index (χ0n) is 14.5. The molecule has 1 N–H and O–H groups in total. The quantitative estimate of drug-likeness (QED) is 0.925. The first kappa shape index (κ1) is 16.1. The molecule has 1 amide bonds. The van der Waals surface area contributed by atoms with Crippen LogP contribution < -0.4 is 19.7 Å². The number of fused-ring (bicyclic) bond motifs is 3. The van der Waals surface area contributed by atoms with Gasteiger partial charge in [-0.2, -0.15) is 0 Å². The molecule has 0 radical (unpaired) electrons. The maximum Gasteiger partial charge on any atom is 0.265 e. The molecule has 25 heavy (non-hydrogen) atoms. The van der Waals surface area contributed by atoms with E-state index in [4.69, 9.17) is 9.47 Å². The molecule has 6 nitrogen and oxygen atoms in total. The Hall–Kier alpha value is -2.34. The minimum atomic E-state index is 0.0109. The first-order chi connectivity index (χ1) is 12.3. The first-order valence-corrected chi connectivity index (χ1v) is 8.87. The molecule has 6 heteroatoms. The summed E-state index contributed by atoms with van der Waals surface area (Å²) in [4.78, 5) is 18.9. The average Bonchev–Trinajstić information content (AvgIpc) is 2.67. The molecule has 2 aromatic rings. The Morgan fingerprint density at radius 3 is 3.00 bits per heavy atom. The van der Waals surface area contributed by atoms with Crippen molar-refractivity contribution in [2.75, 3.05) is 38.3 Å². The van der Waals surface area contributed by atoms with E-state index in [0.717, 1.165) is 48.4 Å². The van der Waals surface area contributed by atoms with E-state index in [1.54, 1.807) is 13.3 Å². The van der Waals surface area contributed by atoms with Gasteiger partial charge in [0.25, 0.3) is 5.91 Å². The summed E-state index contributed by atoms with van der Waals surface area (Å²) in [5, 5.41) is 4.29. The summed E-state index contributed by atoms with van der Waals surface area (Å²) in [6.07, 6.45) is 5.08. The number of nitrogens with zero attached hydrogens (tertiary/aromatic N) is 2. The summed E-state index contributed by atoms with van der Waals surface area (Å²) in [7, 11) is 1.64. The summed E-state index contributed by atoms with van der Waals surface area (Å²) in [6.45, 7) is 2.94. The number of hydrogen-bond acceptors (Lipinski definition) is 5. The number of carbonyl (C=O) groups excluding carboxylic acids is 1. The highest BCUT2D eigenvalue weighted by atomic mass is 16.5. The Morgan fingerprint density at radius 1 is 1.36 bits per heavy atom. The predicted octanol–water partition coefficient (Wildman–Crippen LogP) is 2.36. The van der Waals surface area contributed by atoms with Gasteiger partial charge in [-0.05, 0) is 56.5 Å². The van der Waals surface area contributed by atoms with Crippen LogP contribution in [0.4, 0.5) is 5.69 Å². The lowest BCUT2D eigenvalue weighted by molar-refractivity contribution is -0.121. The molecule has 1 aromatic carbocycles. The fourth-order valence-corrected chi connectivity index (χ4v) is 3.71. The highest BCUT2D eigenvalue weighted by Gasteiger charge is 2.29. The van der Waals surface area contributed by atoms with Crippen LogP contribution in [0.15, 0.2) is 24.4 Å². The summed E-state index contributed by atoms with van der Waals surface area (Å²) in [5.74, 6) is 2.10. The van der Waals surface area contributed by atoms with E-state index in [9.17, 15) is 4.79 Å². The number of ether oxygens (including phenoxy) is 2. The molecule has 0 bridgehead atoms. The zero-order valence-corrected chi connectivity index (χ0v) is 14.5. The largest absolute Gasteiger partial charge is 0.497 e. The van der Waals surface area contributed by atoms with Crippen molar-refractivity contribution in [3.63, 3.8) is 0 Å². The van der Waals surface area contributed by atoms with E-state index < -0.39 is 0 Å². The summed E-state index contributed by atoms with van der Waals surface area (Å²) >= 11 is 0. The molecule has 1 saturated heterocycles. The molecular weight excluding hydrogens is 318 g/mol. The topological polar surface area (TPSA) is 63.7 Å². The number of anilines is 1. The lowest BCUT2D eigenvalue weighted by Crippen LogP contribution is -2.40. The monoisotopic (exact) mass is 341 g/mol. The van der Waals surface area contributed by atoms with Gasteiger partial charge in [-0.15, -0.1) is 0 Å². The van der Waals surface area contributed by atoms with Crippen LogP contribution in [0.1, 0.15) is 19.3 Å². The second-order valence-corrected chi connectivity index (χ2v) is 6.67. The maximum atomic E-state index is 12.6. The van der Waals surface area contributed by atoms with Crippen LogP contribution >= 0.6 is 0 Å². The van der Waals surface area contributed by atoms with Crippen LogP contribution in [0, 0.1) is 5.92 Å². The van der Waals surface area contributed by atoms with Crippen molar-refractivity contribution in [2.45, 2.75) is 19.3 Å². The van der Waals surface area contributed by atoms with Crippen molar-refractivity contribution >= 4 is 22.5 Å². The lowest BCUT2D eigenvalue weighted by atomic mass is 9.94. The molecule has 132 valence electrons. The normalized spacial score (nSPS) is 18.1. The van der Waals surface area contributed by atoms with E-state index in [1.807, 2.05) is 23.1 Å². The minimum absolute atomic E-state index is 0.0109. The Balaban J connectivity index is 1.68. The van der Waals surface area contributed by atoms with Crippen LogP contribution in [0.25, 0.3) is 10.9 Å². The van der Waals surface area contributed by atoms with Crippen molar-refractivity contribution < 1.29 is 14.3 Å². The van der Waals surface area contributed by atoms with Gasteiger partial charge >= 0.3 is 0 Å². The summed E-state index contributed by atoms with van der Waals surface area (Å²) in [5.41, 5.74) is 1.67. The van der Waals surface area contributed by atoms with Gasteiger partial charge in [0.2, 0.25) is 0 Å². The molecule has 3 heterocycles. The molecule has 2 aliphatic rings. The van der Waals surface area contributed by atoms with Gasteiger partial charge in [-0.3, -0.25) is 9.78 Å². The molecule has 4 rings (SSSR count). The number of rotatable bonds is 4. The highest BCUT2D eigenvalue weighted by Crippen LogP contribution is 2.39. The molecule has 0 unspecified atom stereocenters. The lowest BCUT2D eigenvalue weighted by Gasteiger charge is -2.32. The van der Waals surface area contributed by atoms with E-state index in [-0.39, 0.29) is 12.5 Å². The number of benzene rings is 1. The van der Waals surface area contributed by atoms with E-state index in [0.29, 0.717) is 11.7 Å². The molecule has 1 aromatic heterocycles. The van der Waals surface area contributed by atoms with Gasteiger partial charge in [-0.25, -0.2) is 0 Å². The van der Waals surface area contributed by atoms with E-state index in [2.05, 4.69) is 10.3 Å². The van der Waals surface area contributed by atoms with Gasteiger partial charge in [-0.1, -0.05) is 0 Å². The fourth-order valence-electron chi connectivity index (χ4n) is 3.71. The Bertz CT molecular complexity index is 782. The zero-order chi connectivity index (χ0) is 17.2. The van der Waals surface area contributed by atoms with Crippen LogP contribution in [-0.4, -0.2) is 44.2 Å². The Kier molecular flexibility index (Phi) is 4.44. The van der Waals surface area contributed by atoms with E-state index in [1.165, 1.54) is 12.8 Å². The molecule has 0 atom stereocenters. The number of nitrogens with one attached hydrogen (secondary N) is 1. The third kappa shape index (κ3) is 3.14.